The third kappa shape index (κ3) is 3.08. The maximum absolute atomic E-state index is 4.70. The van der Waals surface area contributed by atoms with Gasteiger partial charge in [-0.05, 0) is 51.3 Å². The minimum absolute atomic E-state index is 0.379. The van der Waals surface area contributed by atoms with Crippen LogP contribution in [0.3, 0.4) is 0 Å². The first-order chi connectivity index (χ1) is 9.17. The van der Waals surface area contributed by atoms with Crippen LogP contribution in [0.25, 0.3) is 0 Å². The van der Waals surface area contributed by atoms with Crippen LogP contribution in [0.2, 0.25) is 0 Å². The van der Waals surface area contributed by atoms with Crippen molar-refractivity contribution in [3.05, 3.63) is 23.9 Å². The highest BCUT2D eigenvalue weighted by Crippen LogP contribution is 2.30. The number of aromatic nitrogens is 1. The number of nitrogens with zero attached hydrogens (tertiary/aromatic N) is 2. The highest BCUT2D eigenvalue weighted by Gasteiger charge is 2.30. The van der Waals surface area contributed by atoms with E-state index in [4.69, 9.17) is 4.98 Å². The van der Waals surface area contributed by atoms with Gasteiger partial charge in [0, 0.05) is 24.3 Å². The highest BCUT2D eigenvalue weighted by atomic mass is 15.3. The lowest BCUT2D eigenvalue weighted by Gasteiger charge is -2.29. The zero-order valence-corrected chi connectivity index (χ0v) is 12.7. The topological polar surface area (TPSA) is 28.2 Å². The van der Waals surface area contributed by atoms with Crippen LogP contribution in [0.5, 0.6) is 0 Å². The summed E-state index contributed by atoms with van der Waals surface area (Å²) < 4.78 is 0. The number of anilines is 1. The van der Waals surface area contributed by atoms with E-state index in [0.29, 0.717) is 18.1 Å². The molecule has 0 aromatic carbocycles. The number of hydrogen-bond donors (Lipinski definition) is 1. The molecule has 0 bridgehead atoms. The zero-order chi connectivity index (χ0) is 13.8. The Morgan fingerprint density at radius 1 is 1.37 bits per heavy atom. The van der Waals surface area contributed by atoms with E-state index in [1.807, 2.05) is 6.20 Å². The van der Waals surface area contributed by atoms with Gasteiger partial charge >= 0.3 is 0 Å². The standard InChI is InChI=1S/C16H27N3/c1-5-15-9-7-12(3)19(15)16-10-8-14(11-18-16)13(4)17-6-2/h8,10-13,15,17H,5-7,9H2,1-4H3. The molecule has 106 valence electrons. The second-order valence-corrected chi connectivity index (χ2v) is 5.62. The van der Waals surface area contributed by atoms with Gasteiger partial charge in [-0.3, -0.25) is 0 Å². The summed E-state index contributed by atoms with van der Waals surface area (Å²) >= 11 is 0. The molecule has 0 amide bonds. The van der Waals surface area contributed by atoms with Crippen molar-refractivity contribution < 1.29 is 0 Å². The minimum Gasteiger partial charge on any atom is -0.351 e. The molecule has 0 saturated carbocycles. The van der Waals surface area contributed by atoms with Crippen molar-refractivity contribution in [3.8, 4) is 0 Å². The Kier molecular flexibility index (Phi) is 4.81. The number of rotatable bonds is 5. The van der Waals surface area contributed by atoms with Crippen LogP contribution in [-0.2, 0) is 0 Å². The summed E-state index contributed by atoms with van der Waals surface area (Å²) in [5.41, 5.74) is 1.27. The van der Waals surface area contributed by atoms with Crippen LogP contribution < -0.4 is 10.2 Å². The first kappa shape index (κ1) is 14.3. The third-order valence-corrected chi connectivity index (χ3v) is 4.30. The van der Waals surface area contributed by atoms with Crippen LogP contribution in [0.4, 0.5) is 5.82 Å². The van der Waals surface area contributed by atoms with Crippen molar-refractivity contribution in [1.29, 1.82) is 0 Å². The molecule has 1 N–H and O–H groups in total. The van der Waals surface area contributed by atoms with Gasteiger partial charge in [0.1, 0.15) is 5.82 Å². The Morgan fingerprint density at radius 2 is 2.16 bits per heavy atom. The molecule has 1 fully saturated rings. The Bertz CT molecular complexity index is 387. The summed E-state index contributed by atoms with van der Waals surface area (Å²) in [6.07, 6.45) is 5.83. The number of hydrogen-bond acceptors (Lipinski definition) is 3. The molecule has 1 aliphatic rings. The molecular weight excluding hydrogens is 234 g/mol. The molecule has 0 aliphatic carbocycles. The molecule has 2 rings (SSSR count). The van der Waals surface area contributed by atoms with Gasteiger partial charge in [-0.25, -0.2) is 4.98 Å². The monoisotopic (exact) mass is 261 g/mol. The van der Waals surface area contributed by atoms with Crippen molar-refractivity contribution in [2.45, 2.75) is 65.1 Å². The van der Waals surface area contributed by atoms with Crippen LogP contribution in [0, 0.1) is 0 Å². The third-order valence-electron chi connectivity index (χ3n) is 4.30. The summed E-state index contributed by atoms with van der Waals surface area (Å²) in [5.74, 6) is 1.14. The molecule has 0 spiro atoms. The lowest BCUT2D eigenvalue weighted by Crippen LogP contribution is -2.34. The molecule has 19 heavy (non-hydrogen) atoms. The Labute approximate surface area is 117 Å². The summed E-state index contributed by atoms with van der Waals surface area (Å²) in [6.45, 7) is 9.90. The van der Waals surface area contributed by atoms with Crippen LogP contribution in [0.15, 0.2) is 18.3 Å². The van der Waals surface area contributed by atoms with E-state index in [0.717, 1.165) is 12.4 Å². The van der Waals surface area contributed by atoms with Crippen molar-refractivity contribution in [2.75, 3.05) is 11.4 Å². The van der Waals surface area contributed by atoms with Crippen LogP contribution in [-0.4, -0.2) is 23.6 Å². The molecule has 1 aliphatic heterocycles. The fourth-order valence-electron chi connectivity index (χ4n) is 3.12. The van der Waals surface area contributed by atoms with E-state index in [1.165, 1.54) is 24.8 Å². The molecular formula is C16H27N3. The van der Waals surface area contributed by atoms with Gasteiger partial charge in [0.25, 0.3) is 0 Å². The highest BCUT2D eigenvalue weighted by molar-refractivity contribution is 5.43. The number of nitrogens with one attached hydrogen (secondary N) is 1. The largest absolute Gasteiger partial charge is 0.351 e. The first-order valence-corrected chi connectivity index (χ1v) is 7.65. The summed E-state index contributed by atoms with van der Waals surface area (Å²) in [4.78, 5) is 7.20. The zero-order valence-electron chi connectivity index (χ0n) is 12.7. The maximum atomic E-state index is 4.70. The van der Waals surface area contributed by atoms with Crippen LogP contribution in [0.1, 0.15) is 58.6 Å². The van der Waals surface area contributed by atoms with Crippen molar-refractivity contribution in [2.24, 2.45) is 0 Å². The normalized spacial score (nSPS) is 24.7. The average Bonchev–Trinajstić information content (AvgIpc) is 2.80. The molecule has 2 heterocycles. The molecule has 3 unspecified atom stereocenters. The van der Waals surface area contributed by atoms with E-state index < -0.39 is 0 Å². The van der Waals surface area contributed by atoms with Gasteiger partial charge in [-0.1, -0.05) is 19.9 Å². The van der Waals surface area contributed by atoms with Crippen LogP contribution >= 0.6 is 0 Å². The fourth-order valence-corrected chi connectivity index (χ4v) is 3.12. The van der Waals surface area contributed by atoms with Crippen molar-refractivity contribution >= 4 is 5.82 Å². The number of pyridine rings is 1. The van der Waals surface area contributed by atoms with Gasteiger partial charge in [-0.15, -0.1) is 0 Å². The lowest BCUT2D eigenvalue weighted by atomic mass is 10.1. The smallest absolute Gasteiger partial charge is 0.128 e. The second-order valence-electron chi connectivity index (χ2n) is 5.62. The Hall–Kier alpha value is -1.09. The minimum atomic E-state index is 0.379. The second kappa shape index (κ2) is 6.38. The molecule has 1 aromatic heterocycles. The fraction of sp³-hybridized carbons (Fsp3) is 0.688. The average molecular weight is 261 g/mol. The summed E-state index contributed by atoms with van der Waals surface area (Å²) in [5, 5.41) is 3.43. The predicted molar refractivity (Wildman–Crippen MR) is 81.6 cm³/mol. The Morgan fingerprint density at radius 3 is 2.74 bits per heavy atom. The van der Waals surface area contributed by atoms with E-state index in [-0.39, 0.29) is 0 Å². The van der Waals surface area contributed by atoms with Crippen molar-refractivity contribution in [3.63, 3.8) is 0 Å². The lowest BCUT2D eigenvalue weighted by molar-refractivity contribution is 0.593. The quantitative estimate of drug-likeness (QED) is 0.879. The van der Waals surface area contributed by atoms with Gasteiger partial charge in [0.2, 0.25) is 0 Å². The van der Waals surface area contributed by atoms with E-state index in [9.17, 15) is 0 Å². The van der Waals surface area contributed by atoms with Gasteiger partial charge in [0.15, 0.2) is 0 Å². The summed E-state index contributed by atoms with van der Waals surface area (Å²) in [7, 11) is 0. The predicted octanol–water partition coefficient (Wildman–Crippen LogP) is 3.52. The molecule has 3 heteroatoms. The van der Waals surface area contributed by atoms with E-state index >= 15 is 0 Å². The van der Waals surface area contributed by atoms with E-state index in [1.54, 1.807) is 0 Å². The SMILES string of the molecule is CCNC(C)c1ccc(N2C(C)CCC2CC)nc1. The van der Waals surface area contributed by atoms with E-state index in [2.05, 4.69) is 50.0 Å². The Balaban J connectivity index is 2.13. The van der Waals surface area contributed by atoms with Gasteiger partial charge in [0.05, 0.1) is 0 Å². The van der Waals surface area contributed by atoms with Crippen molar-refractivity contribution in [1.82, 2.24) is 10.3 Å². The maximum Gasteiger partial charge on any atom is 0.128 e. The van der Waals surface area contributed by atoms with Gasteiger partial charge in [-0.2, -0.15) is 0 Å². The summed E-state index contributed by atoms with van der Waals surface area (Å²) in [6, 6.07) is 6.07. The molecule has 1 saturated heterocycles. The molecule has 0 radical (unpaired) electrons. The molecule has 3 atom stereocenters. The molecule has 1 aromatic rings. The molecule has 3 nitrogen and oxygen atoms in total. The van der Waals surface area contributed by atoms with Gasteiger partial charge < -0.3 is 10.2 Å². The first-order valence-electron chi connectivity index (χ1n) is 7.65.